The fraction of sp³-hybridized carbons (Fsp3) is 0. The maximum absolute atomic E-state index is 11.9. The van der Waals surface area contributed by atoms with Crippen molar-refractivity contribution in [3.05, 3.63) is 137 Å². The van der Waals surface area contributed by atoms with Crippen LogP contribution in [-0.4, -0.2) is 20.5 Å². The Balaban J connectivity index is 1.71. The maximum atomic E-state index is 11.9. The van der Waals surface area contributed by atoms with Gasteiger partial charge in [0.2, 0.25) is 0 Å². The molecule has 0 saturated heterocycles. The summed E-state index contributed by atoms with van der Waals surface area (Å²) in [6, 6.07) is 20.5. The summed E-state index contributed by atoms with van der Waals surface area (Å²) in [6.07, 6.45) is 2.36. The van der Waals surface area contributed by atoms with E-state index < -0.39 is 26.2 Å². The fourth-order valence-corrected chi connectivity index (χ4v) is 4.17. The number of nitro benzene ring substituents is 1. The molecule has 0 unspecified atom stereocenters. The first-order valence-corrected chi connectivity index (χ1v) is 10.3. The van der Waals surface area contributed by atoms with E-state index in [0.29, 0.717) is 16.8 Å². The predicted molar refractivity (Wildman–Crippen MR) is 129 cm³/mol. The Hall–Kier alpha value is -5.25. The molecule has 2 aliphatic rings. The van der Waals surface area contributed by atoms with Gasteiger partial charge in [-0.05, 0) is 46.5 Å². The van der Waals surface area contributed by atoms with Crippen LogP contribution in [0, 0.1) is 30.3 Å². The molecule has 0 aromatic heterocycles. The third-order valence-electron chi connectivity index (χ3n) is 5.70. The molecule has 0 bridgehead atoms. The number of aliphatic imine (C=N–C) groups is 1. The minimum absolute atomic E-state index is 0.0559. The molecule has 35 heavy (non-hydrogen) atoms. The molecule has 3 aromatic rings. The molecular formula is C25H14N4O6. The lowest BCUT2D eigenvalue weighted by Crippen LogP contribution is -2.20. The number of benzene rings is 3. The Morgan fingerprint density at radius 1 is 0.686 bits per heavy atom. The Kier molecular flexibility index (Phi) is 5.10. The Morgan fingerprint density at radius 3 is 2.11 bits per heavy atom. The highest BCUT2D eigenvalue weighted by molar-refractivity contribution is 6.28. The number of hydrogen-bond donors (Lipinski definition) is 0. The van der Waals surface area contributed by atoms with Gasteiger partial charge in [-0.2, -0.15) is 0 Å². The summed E-state index contributed by atoms with van der Waals surface area (Å²) in [5, 5.41) is 35.0. The van der Waals surface area contributed by atoms with E-state index in [-0.39, 0.29) is 22.5 Å². The van der Waals surface area contributed by atoms with Gasteiger partial charge >= 0.3 is 5.70 Å². The molecular weight excluding hydrogens is 452 g/mol. The fourth-order valence-electron chi connectivity index (χ4n) is 4.17. The average molecular weight is 466 g/mol. The molecule has 10 heteroatoms. The number of non-ortho nitro benzene ring substituents is 1. The van der Waals surface area contributed by atoms with Crippen LogP contribution in [0.25, 0.3) is 22.8 Å². The highest BCUT2D eigenvalue weighted by atomic mass is 16.6. The van der Waals surface area contributed by atoms with Crippen molar-refractivity contribution in [1.29, 1.82) is 0 Å². The van der Waals surface area contributed by atoms with Crippen molar-refractivity contribution >= 4 is 28.7 Å². The van der Waals surface area contributed by atoms with Crippen molar-refractivity contribution in [2.45, 2.75) is 0 Å². The number of fused-ring (bicyclic) bond motifs is 3. The molecule has 0 saturated carbocycles. The van der Waals surface area contributed by atoms with Crippen LogP contribution in [0.4, 0.5) is 11.4 Å². The van der Waals surface area contributed by atoms with Gasteiger partial charge in [-0.3, -0.25) is 30.3 Å². The summed E-state index contributed by atoms with van der Waals surface area (Å²) in [6.45, 7) is 0. The summed E-state index contributed by atoms with van der Waals surface area (Å²) < 4.78 is 0. The molecule has 0 atom stereocenters. The lowest BCUT2D eigenvalue weighted by Gasteiger charge is -2.14. The van der Waals surface area contributed by atoms with Crippen molar-refractivity contribution in [1.82, 2.24) is 0 Å². The number of nitro groups is 3. The zero-order chi connectivity index (χ0) is 24.7. The lowest BCUT2D eigenvalue weighted by atomic mass is 9.91. The highest BCUT2D eigenvalue weighted by Crippen LogP contribution is 2.44. The second kappa shape index (κ2) is 8.27. The summed E-state index contributed by atoms with van der Waals surface area (Å²) in [5.74, 6) is 0. The standard InChI is InChI=1S/C25H14N4O6/c30-27(31)19-9-10-20-17(12-19)13-21-24(20)22(28(32)33)14-23(29(34)35)25(21)26-18-8-4-7-16(11-18)15-5-2-1-3-6-15/h1-14H. The van der Waals surface area contributed by atoms with Crippen LogP contribution in [-0.2, 0) is 0 Å². The molecule has 170 valence electrons. The van der Waals surface area contributed by atoms with Crippen molar-refractivity contribution in [2.75, 3.05) is 0 Å². The number of hydrogen-bond acceptors (Lipinski definition) is 7. The van der Waals surface area contributed by atoms with E-state index in [1.54, 1.807) is 18.2 Å². The molecule has 0 N–H and O–H groups in total. The van der Waals surface area contributed by atoms with Gasteiger partial charge in [-0.25, -0.2) is 4.99 Å². The van der Waals surface area contributed by atoms with Crippen molar-refractivity contribution in [2.24, 2.45) is 4.99 Å². The first-order valence-electron chi connectivity index (χ1n) is 10.3. The van der Waals surface area contributed by atoms with Gasteiger partial charge in [0.15, 0.2) is 0 Å². The van der Waals surface area contributed by atoms with Gasteiger partial charge < -0.3 is 0 Å². The molecule has 0 spiro atoms. The summed E-state index contributed by atoms with van der Waals surface area (Å²) in [4.78, 5) is 37.5. The minimum atomic E-state index is -0.716. The third kappa shape index (κ3) is 3.78. The molecule has 0 radical (unpaired) electrons. The van der Waals surface area contributed by atoms with Crippen molar-refractivity contribution < 1.29 is 14.8 Å². The molecule has 5 rings (SSSR count). The molecule has 0 fully saturated rings. The Bertz CT molecular complexity index is 1570. The zero-order valence-corrected chi connectivity index (χ0v) is 17.8. The normalized spacial score (nSPS) is 15.3. The van der Waals surface area contributed by atoms with E-state index in [4.69, 9.17) is 0 Å². The highest BCUT2D eigenvalue weighted by Gasteiger charge is 2.41. The van der Waals surface area contributed by atoms with Crippen LogP contribution in [0.5, 0.6) is 0 Å². The first-order chi connectivity index (χ1) is 16.8. The molecule has 0 heterocycles. The van der Waals surface area contributed by atoms with Crippen LogP contribution >= 0.6 is 0 Å². The number of nitrogens with zero attached hydrogens (tertiary/aromatic N) is 4. The van der Waals surface area contributed by atoms with Gasteiger partial charge in [-0.1, -0.05) is 42.5 Å². The Morgan fingerprint density at radius 2 is 1.43 bits per heavy atom. The molecule has 0 aliphatic heterocycles. The van der Waals surface area contributed by atoms with Crippen molar-refractivity contribution in [3.8, 4) is 11.1 Å². The van der Waals surface area contributed by atoms with Gasteiger partial charge in [0, 0.05) is 17.7 Å². The minimum Gasteiger partial charge on any atom is -0.258 e. The quantitative estimate of drug-likeness (QED) is 0.354. The van der Waals surface area contributed by atoms with Gasteiger partial charge in [0.05, 0.1) is 32.1 Å². The van der Waals surface area contributed by atoms with Gasteiger partial charge in [0.25, 0.3) is 11.4 Å². The maximum Gasteiger partial charge on any atom is 0.302 e. The predicted octanol–water partition coefficient (Wildman–Crippen LogP) is 5.59. The van der Waals surface area contributed by atoms with Crippen LogP contribution in [0.2, 0.25) is 0 Å². The van der Waals surface area contributed by atoms with E-state index in [1.165, 1.54) is 24.3 Å². The molecule has 3 aromatic carbocycles. The molecule has 2 aliphatic carbocycles. The summed E-state index contributed by atoms with van der Waals surface area (Å²) >= 11 is 0. The second-order valence-electron chi connectivity index (χ2n) is 7.77. The SMILES string of the molecule is O=[N+]([O-])C1=CC([N+](=O)[O-])=C2C(=Cc3cc([N+](=O)[O-])ccc32)C1=Nc1cccc(-c2ccccc2)c1. The van der Waals surface area contributed by atoms with E-state index >= 15 is 0 Å². The summed E-state index contributed by atoms with van der Waals surface area (Å²) in [7, 11) is 0. The van der Waals surface area contributed by atoms with E-state index in [2.05, 4.69) is 4.99 Å². The monoisotopic (exact) mass is 466 g/mol. The second-order valence-corrected chi connectivity index (χ2v) is 7.77. The van der Waals surface area contributed by atoms with Crippen molar-refractivity contribution in [3.63, 3.8) is 0 Å². The zero-order valence-electron chi connectivity index (χ0n) is 17.8. The van der Waals surface area contributed by atoms with Crippen LogP contribution in [0.15, 0.2) is 101 Å². The lowest BCUT2D eigenvalue weighted by molar-refractivity contribution is -0.428. The molecule has 0 amide bonds. The Labute approximate surface area is 197 Å². The van der Waals surface area contributed by atoms with E-state index in [0.717, 1.165) is 17.2 Å². The first kappa shape index (κ1) is 21.6. The van der Waals surface area contributed by atoms with E-state index in [1.807, 2.05) is 36.4 Å². The third-order valence-corrected chi connectivity index (χ3v) is 5.70. The van der Waals surface area contributed by atoms with Crippen LogP contribution < -0.4 is 0 Å². The number of allylic oxidation sites excluding steroid dienone is 3. The summed E-state index contributed by atoms with van der Waals surface area (Å²) in [5.41, 5.74) is 1.99. The largest absolute Gasteiger partial charge is 0.302 e. The number of rotatable bonds is 5. The van der Waals surface area contributed by atoms with Crippen LogP contribution in [0.3, 0.4) is 0 Å². The van der Waals surface area contributed by atoms with E-state index in [9.17, 15) is 30.3 Å². The van der Waals surface area contributed by atoms with Gasteiger partial charge in [-0.15, -0.1) is 0 Å². The van der Waals surface area contributed by atoms with Crippen LogP contribution in [0.1, 0.15) is 11.1 Å². The smallest absolute Gasteiger partial charge is 0.258 e. The topological polar surface area (TPSA) is 142 Å². The van der Waals surface area contributed by atoms with Gasteiger partial charge in [0.1, 0.15) is 5.71 Å². The molecule has 10 nitrogen and oxygen atoms in total. The average Bonchev–Trinajstić information content (AvgIpc) is 3.23.